The highest BCUT2D eigenvalue weighted by Gasteiger charge is 2.05. The van der Waals surface area contributed by atoms with Gasteiger partial charge in [-0.15, -0.1) is 0 Å². The first kappa shape index (κ1) is 13.0. The highest BCUT2D eigenvalue weighted by molar-refractivity contribution is 6.03. The molecule has 98 valence electrons. The Balaban J connectivity index is 2.06. The van der Waals surface area contributed by atoms with Crippen LogP contribution in [0.25, 0.3) is 0 Å². The Morgan fingerprint density at radius 3 is 2.47 bits per heavy atom. The van der Waals surface area contributed by atoms with E-state index in [9.17, 15) is 9.59 Å². The second-order valence-corrected chi connectivity index (χ2v) is 4.12. The maximum absolute atomic E-state index is 11.9. The lowest BCUT2D eigenvalue weighted by molar-refractivity contribution is 0.102. The van der Waals surface area contributed by atoms with E-state index in [-0.39, 0.29) is 11.5 Å². The van der Waals surface area contributed by atoms with Gasteiger partial charge in [0.1, 0.15) is 0 Å². The summed E-state index contributed by atoms with van der Waals surface area (Å²) in [5.74, 6) is -0.252. The molecule has 1 aromatic heterocycles. The van der Waals surface area contributed by atoms with Crippen molar-refractivity contribution in [1.82, 2.24) is 10.3 Å². The molecule has 0 aliphatic heterocycles. The first-order chi connectivity index (χ1) is 9.19. The van der Waals surface area contributed by atoms with Crippen LogP contribution >= 0.6 is 0 Å². The van der Waals surface area contributed by atoms with Crippen molar-refractivity contribution in [3.63, 3.8) is 0 Å². The van der Waals surface area contributed by atoms with E-state index in [2.05, 4.69) is 15.6 Å². The number of amides is 1. The third-order valence-corrected chi connectivity index (χ3v) is 2.64. The van der Waals surface area contributed by atoms with Crippen LogP contribution in [0.15, 0.2) is 47.4 Å². The Morgan fingerprint density at radius 2 is 1.89 bits per heavy atom. The van der Waals surface area contributed by atoms with Crippen LogP contribution in [0.3, 0.4) is 0 Å². The molecule has 2 aromatic rings. The molecule has 0 fully saturated rings. The molecule has 2 rings (SSSR count). The van der Waals surface area contributed by atoms with Gasteiger partial charge in [-0.1, -0.05) is 12.1 Å². The Bertz CT molecular complexity index is 597. The van der Waals surface area contributed by atoms with Crippen molar-refractivity contribution in [3.05, 3.63) is 64.1 Å². The second-order valence-electron chi connectivity index (χ2n) is 4.12. The fourth-order valence-electron chi connectivity index (χ4n) is 1.67. The van der Waals surface area contributed by atoms with Crippen molar-refractivity contribution in [2.75, 3.05) is 12.4 Å². The summed E-state index contributed by atoms with van der Waals surface area (Å²) >= 11 is 0. The zero-order chi connectivity index (χ0) is 13.7. The minimum atomic E-state index is -0.252. The quantitative estimate of drug-likeness (QED) is 0.774. The van der Waals surface area contributed by atoms with Gasteiger partial charge in [0.25, 0.3) is 5.91 Å². The molecule has 1 amide bonds. The van der Waals surface area contributed by atoms with E-state index in [0.717, 1.165) is 17.8 Å². The summed E-state index contributed by atoms with van der Waals surface area (Å²) in [6, 6.07) is 10.4. The lowest BCUT2D eigenvalue weighted by Gasteiger charge is -2.06. The van der Waals surface area contributed by atoms with Crippen LogP contribution in [0, 0.1) is 0 Å². The maximum atomic E-state index is 11.9. The van der Waals surface area contributed by atoms with Crippen molar-refractivity contribution in [3.8, 4) is 0 Å². The van der Waals surface area contributed by atoms with Crippen molar-refractivity contribution in [1.29, 1.82) is 0 Å². The number of anilines is 1. The predicted octanol–water partition coefficient (Wildman–Crippen LogP) is 1.35. The van der Waals surface area contributed by atoms with Crippen LogP contribution in [-0.4, -0.2) is 17.9 Å². The number of carbonyl (C=O) groups excluding carboxylic acids is 1. The van der Waals surface area contributed by atoms with Crippen molar-refractivity contribution < 1.29 is 4.79 Å². The number of pyridine rings is 1. The fraction of sp³-hybridized carbons (Fsp3) is 0.143. The smallest absolute Gasteiger partial charge is 0.257 e. The van der Waals surface area contributed by atoms with E-state index in [1.807, 2.05) is 31.3 Å². The maximum Gasteiger partial charge on any atom is 0.257 e. The molecule has 0 saturated carbocycles. The van der Waals surface area contributed by atoms with Gasteiger partial charge in [0.2, 0.25) is 5.56 Å². The molecule has 0 spiro atoms. The number of nitrogens with one attached hydrogen (secondary N) is 3. The van der Waals surface area contributed by atoms with Crippen LogP contribution in [0.5, 0.6) is 0 Å². The fourth-order valence-corrected chi connectivity index (χ4v) is 1.67. The number of H-pyrrole nitrogens is 1. The summed E-state index contributed by atoms with van der Waals surface area (Å²) in [7, 11) is 1.88. The van der Waals surface area contributed by atoms with E-state index in [1.165, 1.54) is 18.3 Å². The summed E-state index contributed by atoms with van der Waals surface area (Å²) in [6.07, 6.45) is 1.40. The van der Waals surface area contributed by atoms with Crippen LogP contribution in [0.4, 0.5) is 5.69 Å². The first-order valence-corrected chi connectivity index (χ1v) is 5.92. The molecule has 5 nitrogen and oxygen atoms in total. The van der Waals surface area contributed by atoms with Gasteiger partial charge in [0, 0.05) is 24.5 Å². The number of carbonyl (C=O) groups is 1. The van der Waals surface area contributed by atoms with Gasteiger partial charge in [-0.25, -0.2) is 0 Å². The van der Waals surface area contributed by atoms with E-state index < -0.39 is 0 Å². The Kier molecular flexibility index (Phi) is 4.10. The number of hydrogen-bond donors (Lipinski definition) is 3. The first-order valence-electron chi connectivity index (χ1n) is 5.92. The van der Waals surface area contributed by atoms with E-state index in [1.54, 1.807) is 0 Å². The average molecular weight is 257 g/mol. The third kappa shape index (κ3) is 3.53. The zero-order valence-corrected chi connectivity index (χ0v) is 10.6. The van der Waals surface area contributed by atoms with Gasteiger partial charge in [0.05, 0.1) is 5.56 Å². The molecule has 0 aliphatic rings. The summed E-state index contributed by atoms with van der Waals surface area (Å²) in [5.41, 5.74) is 2.05. The Morgan fingerprint density at radius 1 is 1.16 bits per heavy atom. The van der Waals surface area contributed by atoms with Crippen LogP contribution in [-0.2, 0) is 6.54 Å². The van der Waals surface area contributed by atoms with Gasteiger partial charge in [0.15, 0.2) is 0 Å². The molecule has 0 atom stereocenters. The van der Waals surface area contributed by atoms with Gasteiger partial charge >= 0.3 is 0 Å². The molecule has 0 bridgehead atoms. The third-order valence-electron chi connectivity index (χ3n) is 2.64. The molecule has 0 aliphatic carbocycles. The molecule has 0 unspecified atom stereocenters. The molecular formula is C14H15N3O2. The topological polar surface area (TPSA) is 74.0 Å². The van der Waals surface area contributed by atoms with Crippen molar-refractivity contribution in [2.45, 2.75) is 6.54 Å². The summed E-state index contributed by atoms with van der Waals surface area (Å²) in [4.78, 5) is 25.3. The number of aromatic nitrogens is 1. The summed E-state index contributed by atoms with van der Waals surface area (Å²) in [5, 5.41) is 5.82. The SMILES string of the molecule is CNCc1ccc(NC(=O)c2ccc(=O)[nH]c2)cc1. The second kappa shape index (κ2) is 5.97. The lowest BCUT2D eigenvalue weighted by atomic mass is 10.2. The van der Waals surface area contributed by atoms with Crippen molar-refractivity contribution >= 4 is 11.6 Å². The van der Waals surface area contributed by atoms with Crippen molar-refractivity contribution in [2.24, 2.45) is 0 Å². The minimum Gasteiger partial charge on any atom is -0.328 e. The molecule has 5 heteroatoms. The summed E-state index contributed by atoms with van der Waals surface area (Å²) < 4.78 is 0. The molecule has 1 heterocycles. The number of aromatic amines is 1. The molecular weight excluding hydrogens is 242 g/mol. The van der Waals surface area contributed by atoms with Gasteiger partial charge in [-0.2, -0.15) is 0 Å². The molecule has 0 saturated heterocycles. The Hall–Kier alpha value is -2.40. The van der Waals surface area contributed by atoms with Crippen LogP contribution in [0.1, 0.15) is 15.9 Å². The molecule has 19 heavy (non-hydrogen) atoms. The largest absolute Gasteiger partial charge is 0.328 e. The molecule has 1 aromatic carbocycles. The standard InChI is InChI=1S/C14H15N3O2/c1-15-8-10-2-5-12(6-3-10)17-14(19)11-4-7-13(18)16-9-11/h2-7,9,15H,8H2,1H3,(H,16,18)(H,17,19). The minimum absolute atomic E-state index is 0.229. The highest BCUT2D eigenvalue weighted by atomic mass is 16.1. The molecule has 0 radical (unpaired) electrons. The normalized spacial score (nSPS) is 10.2. The monoisotopic (exact) mass is 257 g/mol. The van der Waals surface area contributed by atoms with Gasteiger partial charge in [-0.3, -0.25) is 9.59 Å². The van der Waals surface area contributed by atoms with E-state index in [4.69, 9.17) is 0 Å². The number of rotatable bonds is 4. The molecule has 3 N–H and O–H groups in total. The zero-order valence-electron chi connectivity index (χ0n) is 10.6. The van der Waals surface area contributed by atoms with Crippen LogP contribution < -0.4 is 16.2 Å². The highest BCUT2D eigenvalue weighted by Crippen LogP contribution is 2.10. The van der Waals surface area contributed by atoms with Crippen LogP contribution in [0.2, 0.25) is 0 Å². The number of benzene rings is 1. The van der Waals surface area contributed by atoms with Gasteiger partial charge in [-0.05, 0) is 30.8 Å². The Labute approximate surface area is 110 Å². The number of hydrogen-bond acceptors (Lipinski definition) is 3. The average Bonchev–Trinajstić information content (AvgIpc) is 2.42. The lowest BCUT2D eigenvalue weighted by Crippen LogP contribution is -2.14. The van der Waals surface area contributed by atoms with E-state index >= 15 is 0 Å². The predicted molar refractivity (Wildman–Crippen MR) is 74.2 cm³/mol. The van der Waals surface area contributed by atoms with E-state index in [0.29, 0.717) is 5.56 Å². The summed E-state index contributed by atoms with van der Waals surface area (Å²) in [6.45, 7) is 0.786. The van der Waals surface area contributed by atoms with Gasteiger partial charge < -0.3 is 15.6 Å².